The molecule has 0 rings (SSSR count). The van der Waals surface area contributed by atoms with Crippen molar-refractivity contribution in [1.29, 1.82) is 0 Å². The third-order valence-corrected chi connectivity index (χ3v) is 3.48. The molecule has 0 radical (unpaired) electrons. The standard InChI is InChI=1S/C16H33NO4/c1-8-21-14(18)16(6,17-13(2)3)10-12-20-11-9-15(4,5)19-7/h13,17H,8-12H2,1-7H3. The van der Waals surface area contributed by atoms with Gasteiger partial charge in [0.25, 0.3) is 0 Å². The van der Waals surface area contributed by atoms with Crippen LogP contribution in [0.25, 0.3) is 0 Å². The van der Waals surface area contributed by atoms with Crippen molar-refractivity contribution in [3.8, 4) is 0 Å². The van der Waals surface area contributed by atoms with Gasteiger partial charge in [0.2, 0.25) is 0 Å². The number of nitrogens with one attached hydrogen (secondary N) is 1. The number of hydrogen-bond acceptors (Lipinski definition) is 5. The molecule has 0 amide bonds. The SMILES string of the molecule is CCOC(=O)C(C)(CCOCCC(C)(C)OC)NC(C)C. The number of hydrogen-bond donors (Lipinski definition) is 1. The molecule has 0 saturated carbocycles. The maximum absolute atomic E-state index is 12.1. The zero-order chi connectivity index (χ0) is 16.5. The van der Waals surface area contributed by atoms with Crippen LogP contribution in [0.15, 0.2) is 0 Å². The largest absolute Gasteiger partial charge is 0.465 e. The highest BCUT2D eigenvalue weighted by molar-refractivity contribution is 5.80. The van der Waals surface area contributed by atoms with E-state index in [9.17, 15) is 4.79 Å². The van der Waals surface area contributed by atoms with Crippen LogP contribution in [0.5, 0.6) is 0 Å². The number of carbonyl (C=O) groups excluding carboxylic acids is 1. The Balaban J connectivity index is 4.28. The molecule has 1 atom stereocenters. The fraction of sp³-hybridized carbons (Fsp3) is 0.938. The molecule has 0 bridgehead atoms. The van der Waals surface area contributed by atoms with Crippen LogP contribution in [-0.2, 0) is 19.0 Å². The van der Waals surface area contributed by atoms with E-state index in [-0.39, 0.29) is 17.6 Å². The molecule has 5 heteroatoms. The van der Waals surface area contributed by atoms with Crippen molar-refractivity contribution >= 4 is 5.97 Å². The average molecular weight is 303 g/mol. The van der Waals surface area contributed by atoms with Gasteiger partial charge in [-0.1, -0.05) is 0 Å². The minimum absolute atomic E-state index is 0.180. The maximum atomic E-state index is 12.1. The monoisotopic (exact) mass is 303 g/mol. The summed E-state index contributed by atoms with van der Waals surface area (Å²) in [6.07, 6.45) is 1.40. The third kappa shape index (κ3) is 8.39. The van der Waals surface area contributed by atoms with Crippen molar-refractivity contribution in [2.45, 2.75) is 71.6 Å². The van der Waals surface area contributed by atoms with E-state index >= 15 is 0 Å². The van der Waals surface area contributed by atoms with Crippen LogP contribution in [0.2, 0.25) is 0 Å². The molecule has 0 fully saturated rings. The summed E-state index contributed by atoms with van der Waals surface area (Å²) < 4.78 is 16.2. The number of carbonyl (C=O) groups is 1. The molecule has 1 N–H and O–H groups in total. The summed E-state index contributed by atoms with van der Waals surface area (Å²) in [6.45, 7) is 13.3. The summed E-state index contributed by atoms with van der Waals surface area (Å²) in [5.41, 5.74) is -0.887. The van der Waals surface area contributed by atoms with Gasteiger partial charge in [0.1, 0.15) is 5.54 Å². The molecule has 21 heavy (non-hydrogen) atoms. The minimum atomic E-state index is -0.707. The van der Waals surface area contributed by atoms with E-state index < -0.39 is 5.54 Å². The Morgan fingerprint density at radius 1 is 1.14 bits per heavy atom. The van der Waals surface area contributed by atoms with Crippen LogP contribution >= 0.6 is 0 Å². The van der Waals surface area contributed by atoms with Gasteiger partial charge in [-0.2, -0.15) is 0 Å². The molecule has 0 heterocycles. The first kappa shape index (κ1) is 20.3. The lowest BCUT2D eigenvalue weighted by molar-refractivity contribution is -0.151. The highest BCUT2D eigenvalue weighted by Crippen LogP contribution is 2.16. The van der Waals surface area contributed by atoms with Gasteiger partial charge in [0, 0.05) is 26.4 Å². The molecule has 0 aliphatic heterocycles. The maximum Gasteiger partial charge on any atom is 0.326 e. The van der Waals surface area contributed by atoms with Gasteiger partial charge in [-0.05, 0) is 54.4 Å². The van der Waals surface area contributed by atoms with Crippen molar-refractivity contribution in [3.63, 3.8) is 0 Å². The summed E-state index contributed by atoms with van der Waals surface area (Å²) in [7, 11) is 1.70. The minimum Gasteiger partial charge on any atom is -0.465 e. The van der Waals surface area contributed by atoms with Crippen molar-refractivity contribution in [1.82, 2.24) is 5.32 Å². The first-order valence-electron chi connectivity index (χ1n) is 7.74. The summed E-state index contributed by atoms with van der Waals surface area (Å²) in [4.78, 5) is 12.1. The summed E-state index contributed by atoms with van der Waals surface area (Å²) in [6, 6.07) is 0.201. The predicted molar refractivity (Wildman–Crippen MR) is 84.5 cm³/mol. The topological polar surface area (TPSA) is 56.8 Å². The van der Waals surface area contributed by atoms with E-state index in [2.05, 4.69) is 5.32 Å². The molecular weight excluding hydrogens is 270 g/mol. The molecule has 0 aromatic heterocycles. The molecule has 126 valence electrons. The van der Waals surface area contributed by atoms with E-state index in [4.69, 9.17) is 14.2 Å². The van der Waals surface area contributed by atoms with Crippen LogP contribution in [0.4, 0.5) is 0 Å². The lowest BCUT2D eigenvalue weighted by atomic mass is 9.97. The predicted octanol–water partition coefficient (Wildman–Crippen LogP) is 2.53. The van der Waals surface area contributed by atoms with E-state index in [1.54, 1.807) is 7.11 Å². The second kappa shape index (κ2) is 9.38. The highest BCUT2D eigenvalue weighted by atomic mass is 16.5. The van der Waals surface area contributed by atoms with Crippen molar-refractivity contribution in [3.05, 3.63) is 0 Å². The van der Waals surface area contributed by atoms with Crippen LogP contribution in [0.3, 0.4) is 0 Å². The quantitative estimate of drug-likeness (QED) is 0.469. The molecule has 0 aliphatic rings. The summed E-state index contributed by atoms with van der Waals surface area (Å²) in [5.74, 6) is -0.223. The smallest absolute Gasteiger partial charge is 0.326 e. The Hall–Kier alpha value is -0.650. The summed E-state index contributed by atoms with van der Waals surface area (Å²) in [5, 5.41) is 3.28. The molecule has 5 nitrogen and oxygen atoms in total. The van der Waals surface area contributed by atoms with Crippen LogP contribution in [-0.4, -0.2) is 50.1 Å². The lowest BCUT2D eigenvalue weighted by Crippen LogP contribution is -2.53. The molecule has 0 saturated heterocycles. The van der Waals surface area contributed by atoms with Gasteiger partial charge >= 0.3 is 5.97 Å². The number of methoxy groups -OCH3 is 1. The second-order valence-corrected chi connectivity index (χ2v) is 6.43. The van der Waals surface area contributed by atoms with Crippen LogP contribution in [0.1, 0.15) is 54.4 Å². The third-order valence-electron chi connectivity index (χ3n) is 3.48. The van der Waals surface area contributed by atoms with Gasteiger partial charge in [-0.3, -0.25) is 10.1 Å². The zero-order valence-electron chi connectivity index (χ0n) is 14.7. The Morgan fingerprint density at radius 2 is 1.71 bits per heavy atom. The Morgan fingerprint density at radius 3 is 2.19 bits per heavy atom. The van der Waals surface area contributed by atoms with E-state index in [0.29, 0.717) is 26.2 Å². The van der Waals surface area contributed by atoms with Crippen LogP contribution < -0.4 is 5.32 Å². The van der Waals surface area contributed by atoms with Gasteiger partial charge in [0.05, 0.1) is 12.2 Å². The molecule has 1 unspecified atom stereocenters. The van der Waals surface area contributed by atoms with Crippen molar-refractivity contribution in [2.24, 2.45) is 0 Å². The number of esters is 1. The highest BCUT2D eigenvalue weighted by Gasteiger charge is 2.34. The van der Waals surface area contributed by atoms with Gasteiger partial charge in [0.15, 0.2) is 0 Å². The van der Waals surface area contributed by atoms with Gasteiger partial charge < -0.3 is 14.2 Å². The molecule has 0 spiro atoms. The molecular formula is C16H33NO4. The lowest BCUT2D eigenvalue weighted by Gasteiger charge is -2.30. The fourth-order valence-corrected chi connectivity index (χ4v) is 1.96. The average Bonchev–Trinajstić information content (AvgIpc) is 2.37. The Kier molecular flexibility index (Phi) is 9.09. The normalized spacial score (nSPS) is 15.0. The first-order chi connectivity index (χ1) is 9.67. The van der Waals surface area contributed by atoms with E-state index in [1.807, 2.05) is 41.5 Å². The van der Waals surface area contributed by atoms with Gasteiger partial charge in [-0.25, -0.2) is 0 Å². The van der Waals surface area contributed by atoms with Crippen molar-refractivity contribution < 1.29 is 19.0 Å². The van der Waals surface area contributed by atoms with Crippen LogP contribution in [0, 0.1) is 0 Å². The molecule has 0 aromatic carbocycles. The second-order valence-electron chi connectivity index (χ2n) is 6.43. The van der Waals surface area contributed by atoms with E-state index in [0.717, 1.165) is 6.42 Å². The zero-order valence-corrected chi connectivity index (χ0v) is 14.7. The first-order valence-corrected chi connectivity index (χ1v) is 7.74. The molecule has 0 aromatic rings. The fourth-order valence-electron chi connectivity index (χ4n) is 1.96. The number of rotatable bonds is 11. The Labute approximate surface area is 129 Å². The Bertz CT molecular complexity index is 305. The summed E-state index contributed by atoms with van der Waals surface area (Å²) >= 11 is 0. The van der Waals surface area contributed by atoms with E-state index in [1.165, 1.54) is 0 Å². The van der Waals surface area contributed by atoms with Crippen molar-refractivity contribution in [2.75, 3.05) is 26.9 Å². The molecule has 0 aliphatic carbocycles. The van der Waals surface area contributed by atoms with Gasteiger partial charge in [-0.15, -0.1) is 0 Å². The number of ether oxygens (including phenoxy) is 3.